The van der Waals surface area contributed by atoms with Gasteiger partial charge < -0.3 is 4.90 Å². The molecule has 2 aromatic rings. The first-order chi connectivity index (χ1) is 11.1. The highest BCUT2D eigenvalue weighted by molar-refractivity contribution is 7.89. The Bertz CT molecular complexity index is 841. The predicted molar refractivity (Wildman–Crippen MR) is 91.5 cm³/mol. The third-order valence-electron chi connectivity index (χ3n) is 4.47. The van der Waals surface area contributed by atoms with Gasteiger partial charge >= 0.3 is 0 Å². The maximum atomic E-state index is 12.0. The molecule has 0 spiro atoms. The molecular formula is C16H19N3O2S2. The second-order valence-corrected chi connectivity index (χ2v) is 9.14. The molecule has 23 heavy (non-hydrogen) atoms. The van der Waals surface area contributed by atoms with Crippen LogP contribution in [0.3, 0.4) is 0 Å². The number of nitrogens with zero attached hydrogens (tertiary/aromatic N) is 2. The van der Waals surface area contributed by atoms with Gasteiger partial charge in [-0.3, -0.25) is 0 Å². The van der Waals surface area contributed by atoms with Crippen LogP contribution >= 0.6 is 11.3 Å². The summed E-state index contributed by atoms with van der Waals surface area (Å²) in [5.41, 5.74) is 2.25. The molecule has 0 radical (unpaired) electrons. The molecule has 2 aliphatic rings. The van der Waals surface area contributed by atoms with E-state index in [1.54, 1.807) is 23.5 Å². The fourth-order valence-electron chi connectivity index (χ4n) is 2.98. The van der Waals surface area contributed by atoms with E-state index in [-0.39, 0.29) is 0 Å². The maximum Gasteiger partial charge on any atom is 0.240 e. The Morgan fingerprint density at radius 2 is 2.22 bits per heavy atom. The van der Waals surface area contributed by atoms with E-state index < -0.39 is 10.0 Å². The molecule has 2 heterocycles. The lowest BCUT2D eigenvalue weighted by molar-refractivity contribution is 0.588. The first-order valence-electron chi connectivity index (χ1n) is 7.83. The molecule has 122 valence electrons. The average molecular weight is 349 g/mol. The Hall–Kier alpha value is -1.44. The highest BCUT2D eigenvalue weighted by atomic mass is 32.2. The van der Waals surface area contributed by atoms with E-state index in [2.05, 4.69) is 14.6 Å². The van der Waals surface area contributed by atoms with E-state index in [1.807, 2.05) is 12.3 Å². The molecule has 1 aliphatic carbocycles. The quantitative estimate of drug-likeness (QED) is 0.901. The molecule has 5 nitrogen and oxygen atoms in total. The highest BCUT2D eigenvalue weighted by Gasteiger charge is 2.27. The molecule has 1 aromatic carbocycles. The molecule has 1 N–H and O–H groups in total. The molecule has 0 bridgehead atoms. The predicted octanol–water partition coefficient (Wildman–Crippen LogP) is 2.49. The molecule has 0 saturated heterocycles. The summed E-state index contributed by atoms with van der Waals surface area (Å²) in [5.74, 6) is 0.687. The van der Waals surface area contributed by atoms with Crippen molar-refractivity contribution in [3.63, 3.8) is 0 Å². The first kappa shape index (κ1) is 15.1. The average Bonchev–Trinajstić information content (AvgIpc) is 3.18. The number of hydrogen-bond acceptors (Lipinski definition) is 5. The van der Waals surface area contributed by atoms with Crippen molar-refractivity contribution in [1.29, 1.82) is 0 Å². The largest absolute Gasteiger partial charge is 0.366 e. The Balaban J connectivity index is 1.59. The molecule has 7 heteroatoms. The molecular weight excluding hydrogens is 330 g/mol. The summed E-state index contributed by atoms with van der Waals surface area (Å²) in [7, 11) is -1.96. The van der Waals surface area contributed by atoms with Gasteiger partial charge in [-0.15, -0.1) is 11.3 Å². The Labute approximate surface area is 140 Å². The van der Waals surface area contributed by atoms with Crippen LogP contribution in [0.15, 0.2) is 29.3 Å². The van der Waals surface area contributed by atoms with Crippen molar-refractivity contribution in [3.05, 3.63) is 39.8 Å². The molecule has 0 atom stereocenters. The number of sulfonamides is 1. The molecule has 1 fully saturated rings. The van der Waals surface area contributed by atoms with E-state index in [0.29, 0.717) is 10.8 Å². The molecule has 1 aromatic heterocycles. The second kappa shape index (κ2) is 5.58. The van der Waals surface area contributed by atoms with Crippen LogP contribution in [0.25, 0.3) is 0 Å². The van der Waals surface area contributed by atoms with Gasteiger partial charge in [0.2, 0.25) is 10.0 Å². The Kier molecular flexibility index (Phi) is 3.66. The number of aromatic nitrogens is 1. The minimum absolute atomic E-state index is 0.327. The van der Waals surface area contributed by atoms with Gasteiger partial charge in [-0.1, -0.05) is 6.07 Å². The number of hydrogen-bond donors (Lipinski definition) is 1. The zero-order chi connectivity index (χ0) is 16.0. The minimum Gasteiger partial charge on any atom is -0.366 e. The van der Waals surface area contributed by atoms with Crippen molar-refractivity contribution in [2.45, 2.75) is 36.6 Å². The standard InChI is InChI=1S/C16H19N3O2S2/c1-17-23(20,21)14-5-4-11-6-7-19(15(11)8-14)10-13-9-18-16(22-13)12-2-3-12/h4-5,8-9,12,17H,2-3,6-7,10H2,1H3. The lowest BCUT2D eigenvalue weighted by Gasteiger charge is -2.19. The SMILES string of the molecule is CNS(=O)(=O)c1ccc2c(c1)N(Cc1cnc(C3CC3)s1)CC2. The van der Waals surface area contributed by atoms with Crippen molar-refractivity contribution < 1.29 is 8.42 Å². The third kappa shape index (κ3) is 2.88. The number of benzene rings is 1. The van der Waals surface area contributed by atoms with E-state index in [0.717, 1.165) is 25.2 Å². The second-order valence-electron chi connectivity index (χ2n) is 6.11. The van der Waals surface area contributed by atoms with Gasteiger partial charge in [-0.2, -0.15) is 0 Å². The van der Waals surface area contributed by atoms with Gasteiger partial charge in [0.25, 0.3) is 0 Å². The summed E-state index contributed by atoms with van der Waals surface area (Å²) >= 11 is 1.80. The van der Waals surface area contributed by atoms with Crippen molar-refractivity contribution in [1.82, 2.24) is 9.71 Å². The molecule has 1 saturated carbocycles. The Morgan fingerprint density at radius 1 is 1.39 bits per heavy atom. The van der Waals surface area contributed by atoms with E-state index in [9.17, 15) is 8.42 Å². The van der Waals surface area contributed by atoms with Crippen molar-refractivity contribution >= 4 is 27.0 Å². The molecule has 0 amide bonds. The summed E-state index contributed by atoms with van der Waals surface area (Å²) in [5, 5.41) is 1.26. The van der Waals surface area contributed by atoms with Crippen LogP contribution in [0.4, 0.5) is 5.69 Å². The van der Waals surface area contributed by atoms with Crippen molar-refractivity contribution in [2.24, 2.45) is 0 Å². The topological polar surface area (TPSA) is 62.3 Å². The zero-order valence-electron chi connectivity index (χ0n) is 12.9. The summed E-state index contributed by atoms with van der Waals surface area (Å²) in [6.45, 7) is 1.73. The van der Waals surface area contributed by atoms with Gasteiger partial charge in [0.1, 0.15) is 0 Å². The zero-order valence-corrected chi connectivity index (χ0v) is 14.6. The lowest BCUT2D eigenvalue weighted by atomic mass is 10.2. The van der Waals surface area contributed by atoms with E-state index in [4.69, 9.17) is 0 Å². The molecule has 4 rings (SSSR count). The lowest BCUT2D eigenvalue weighted by Crippen LogP contribution is -2.21. The summed E-state index contributed by atoms with van der Waals surface area (Å²) < 4.78 is 26.4. The number of anilines is 1. The fraction of sp³-hybridized carbons (Fsp3) is 0.438. The van der Waals surface area contributed by atoms with Crippen LogP contribution in [-0.4, -0.2) is 27.0 Å². The smallest absolute Gasteiger partial charge is 0.240 e. The van der Waals surface area contributed by atoms with Crippen LogP contribution in [0.2, 0.25) is 0 Å². The molecule has 1 aliphatic heterocycles. The number of thiazole rings is 1. The minimum atomic E-state index is -3.40. The summed E-state index contributed by atoms with van der Waals surface area (Å²) in [6, 6.07) is 5.41. The van der Waals surface area contributed by atoms with Crippen LogP contribution in [0.5, 0.6) is 0 Å². The fourth-order valence-corrected chi connectivity index (χ4v) is 4.83. The highest BCUT2D eigenvalue weighted by Crippen LogP contribution is 2.42. The van der Waals surface area contributed by atoms with Crippen molar-refractivity contribution in [3.8, 4) is 0 Å². The van der Waals surface area contributed by atoms with Gasteiger partial charge in [-0.25, -0.2) is 18.1 Å². The van der Waals surface area contributed by atoms with Crippen molar-refractivity contribution in [2.75, 3.05) is 18.5 Å². The van der Waals surface area contributed by atoms with Gasteiger partial charge in [0, 0.05) is 29.2 Å². The van der Waals surface area contributed by atoms with Gasteiger partial charge in [0.05, 0.1) is 16.4 Å². The Morgan fingerprint density at radius 3 is 2.96 bits per heavy atom. The van der Waals surface area contributed by atoms with Crippen LogP contribution in [0, 0.1) is 0 Å². The van der Waals surface area contributed by atoms with Crippen LogP contribution in [0.1, 0.15) is 34.2 Å². The monoisotopic (exact) mass is 349 g/mol. The third-order valence-corrected chi connectivity index (χ3v) is 7.03. The molecule has 0 unspecified atom stereocenters. The normalized spacial score (nSPS) is 17.5. The van der Waals surface area contributed by atoms with Crippen LogP contribution < -0.4 is 9.62 Å². The number of nitrogens with one attached hydrogen (secondary N) is 1. The first-order valence-corrected chi connectivity index (χ1v) is 10.1. The van der Waals surface area contributed by atoms with Gasteiger partial charge in [-0.05, 0) is 44.0 Å². The number of rotatable bonds is 5. The maximum absolute atomic E-state index is 12.0. The van der Waals surface area contributed by atoms with Crippen LogP contribution in [-0.2, 0) is 23.0 Å². The van der Waals surface area contributed by atoms with Gasteiger partial charge in [0.15, 0.2) is 0 Å². The van der Waals surface area contributed by atoms with E-state index >= 15 is 0 Å². The number of fused-ring (bicyclic) bond motifs is 1. The summed E-state index contributed by atoms with van der Waals surface area (Å²) in [4.78, 5) is 8.37. The van der Waals surface area contributed by atoms with E-state index in [1.165, 1.54) is 35.3 Å². The summed E-state index contributed by atoms with van der Waals surface area (Å²) in [6.07, 6.45) is 5.48.